The van der Waals surface area contributed by atoms with Crippen molar-refractivity contribution in [3.8, 4) is 22.8 Å². The predicted octanol–water partition coefficient (Wildman–Crippen LogP) is 5.23. The summed E-state index contributed by atoms with van der Waals surface area (Å²) in [5, 5.41) is 11.2. The first-order valence-electron chi connectivity index (χ1n) is 11.0. The minimum absolute atomic E-state index is 0.0804. The molecule has 190 valence electrons. The van der Waals surface area contributed by atoms with Crippen LogP contribution in [0.3, 0.4) is 0 Å². The van der Waals surface area contributed by atoms with Crippen LogP contribution in [0, 0.1) is 13.8 Å². The number of fused-ring (bicyclic) bond motifs is 1. The lowest BCUT2D eigenvalue weighted by atomic mass is 9.99. The zero-order valence-electron chi connectivity index (χ0n) is 19.7. The van der Waals surface area contributed by atoms with Crippen molar-refractivity contribution in [1.29, 1.82) is 0 Å². The van der Waals surface area contributed by atoms with E-state index in [9.17, 15) is 18.4 Å². The third-order valence-corrected chi connectivity index (χ3v) is 6.03. The van der Waals surface area contributed by atoms with E-state index in [0.717, 1.165) is 11.8 Å². The Morgan fingerprint density at radius 1 is 1.19 bits per heavy atom. The highest BCUT2D eigenvalue weighted by Gasteiger charge is 2.22. The molecule has 0 unspecified atom stereocenters. The van der Waals surface area contributed by atoms with Crippen LogP contribution in [0.4, 0.5) is 14.5 Å². The summed E-state index contributed by atoms with van der Waals surface area (Å²) in [5.74, 6) is -0.521. The van der Waals surface area contributed by atoms with E-state index >= 15 is 0 Å². The summed E-state index contributed by atoms with van der Waals surface area (Å²) in [6, 6.07) is 6.34. The molecular weight excluding hydrogens is 510 g/mol. The molecule has 1 aromatic carbocycles. The molecule has 5 rings (SSSR count). The zero-order valence-corrected chi connectivity index (χ0v) is 20.4. The number of pyridine rings is 1. The first kappa shape index (κ1) is 24.4. The van der Waals surface area contributed by atoms with Crippen molar-refractivity contribution in [1.82, 2.24) is 24.9 Å². The fraction of sp³-hybridized carbons (Fsp3) is 0.208. The quantitative estimate of drug-likeness (QED) is 0.286. The fourth-order valence-corrected chi connectivity index (χ4v) is 4.25. The maximum Gasteiger partial charge on any atom is 0.439 e. The van der Waals surface area contributed by atoms with Crippen molar-refractivity contribution in [2.75, 3.05) is 5.32 Å². The topological polar surface area (TPSA) is 132 Å². The number of benzene rings is 1. The number of rotatable bonds is 6. The molecule has 0 amide bonds. The molecule has 37 heavy (non-hydrogen) atoms. The van der Waals surface area contributed by atoms with Gasteiger partial charge in [-0.25, -0.2) is 14.5 Å². The lowest BCUT2D eigenvalue weighted by molar-refractivity contribution is 0.0566. The van der Waals surface area contributed by atoms with E-state index < -0.39 is 18.3 Å². The molecule has 13 heteroatoms. The molecule has 1 atom stereocenters. The molecule has 4 heterocycles. The lowest BCUT2D eigenvalue weighted by Crippen LogP contribution is -2.13. The van der Waals surface area contributed by atoms with Gasteiger partial charge in [0.1, 0.15) is 22.2 Å². The van der Waals surface area contributed by atoms with Crippen molar-refractivity contribution >= 4 is 28.3 Å². The molecule has 0 bridgehead atoms. The highest BCUT2D eigenvalue weighted by atomic mass is 35.5. The van der Waals surface area contributed by atoms with E-state index in [1.165, 1.54) is 6.20 Å². The number of aromatic amines is 1. The number of alkyl halides is 2. The summed E-state index contributed by atoms with van der Waals surface area (Å²) in [6.45, 7) is 2.44. The van der Waals surface area contributed by atoms with Gasteiger partial charge in [0.15, 0.2) is 5.43 Å². The number of halogens is 3. The smallest absolute Gasteiger partial charge is 0.439 e. The lowest BCUT2D eigenvalue weighted by Gasteiger charge is -2.19. The highest BCUT2D eigenvalue weighted by Crippen LogP contribution is 2.34. The molecule has 0 aliphatic rings. The molecule has 5 aromatic rings. The van der Waals surface area contributed by atoms with E-state index in [2.05, 4.69) is 30.1 Å². The Labute approximate surface area is 211 Å². The summed E-state index contributed by atoms with van der Waals surface area (Å²) in [6.07, 6.45) is 2.35. The van der Waals surface area contributed by atoms with Gasteiger partial charge in [-0.15, -0.1) is 0 Å². The summed E-state index contributed by atoms with van der Waals surface area (Å²) < 4.78 is 37.4. The van der Waals surface area contributed by atoms with E-state index in [1.54, 1.807) is 25.1 Å². The van der Waals surface area contributed by atoms with Gasteiger partial charge in [0.05, 0.1) is 28.9 Å². The van der Waals surface area contributed by atoms with Gasteiger partial charge in [-0.05, 0) is 44.5 Å². The fourth-order valence-electron chi connectivity index (χ4n) is 4.10. The maximum absolute atomic E-state index is 13.3. The van der Waals surface area contributed by atoms with Crippen molar-refractivity contribution in [3.05, 3.63) is 79.3 Å². The molecule has 0 spiro atoms. The summed E-state index contributed by atoms with van der Waals surface area (Å²) >= 11 is 6.06. The zero-order chi connectivity index (χ0) is 26.4. The second-order valence-corrected chi connectivity index (χ2v) is 8.83. The molecule has 2 N–H and O–H groups in total. The number of aromatic nitrogens is 5. The van der Waals surface area contributed by atoms with Crippen LogP contribution in [0.5, 0.6) is 0 Å². The number of hydrogen-bond acceptors (Lipinski definition) is 8. The van der Waals surface area contributed by atoms with Gasteiger partial charge < -0.3 is 9.73 Å². The summed E-state index contributed by atoms with van der Waals surface area (Å²) in [5.41, 5.74) is 2.71. The standard InChI is InChI=1S/C24H19ClF2N6O4/c1-10-6-14(12(3)29-16-4-5-17(25)30-18(16)22-31-24(35)37-32-22)21-15(7-10)19(34)11(2)20(36-21)13-8-28-33(9-13)23(26)27/h4-9,12,23,29H,1-3H3,(H,31,32,35)/t12-/m1/s1. The first-order valence-corrected chi connectivity index (χ1v) is 11.4. The molecule has 10 nitrogen and oxygen atoms in total. The molecule has 0 radical (unpaired) electrons. The van der Waals surface area contributed by atoms with Crippen LogP contribution < -0.4 is 16.5 Å². The van der Waals surface area contributed by atoms with Crippen LogP contribution in [0.2, 0.25) is 5.15 Å². The first-order chi connectivity index (χ1) is 17.6. The monoisotopic (exact) mass is 528 g/mol. The van der Waals surface area contributed by atoms with E-state index in [-0.39, 0.29) is 39.0 Å². The Kier molecular flexibility index (Phi) is 6.12. The average molecular weight is 529 g/mol. The van der Waals surface area contributed by atoms with Crippen molar-refractivity contribution in [2.45, 2.75) is 33.4 Å². The molecule has 0 fully saturated rings. The average Bonchev–Trinajstić information content (AvgIpc) is 3.52. The van der Waals surface area contributed by atoms with Crippen molar-refractivity contribution in [3.63, 3.8) is 0 Å². The number of nitrogens with zero attached hydrogens (tertiary/aromatic N) is 4. The van der Waals surface area contributed by atoms with Crippen LogP contribution in [0.25, 0.3) is 33.8 Å². The Bertz CT molecular complexity index is 1760. The Balaban J connectivity index is 1.63. The number of hydrogen-bond donors (Lipinski definition) is 2. The van der Waals surface area contributed by atoms with E-state index in [4.69, 9.17) is 16.0 Å². The van der Waals surface area contributed by atoms with E-state index in [1.807, 2.05) is 19.9 Å². The van der Waals surface area contributed by atoms with Gasteiger partial charge in [0.2, 0.25) is 5.82 Å². The molecular formula is C24H19ClF2N6O4. The molecule has 0 saturated heterocycles. The van der Waals surface area contributed by atoms with Crippen molar-refractivity contribution < 1.29 is 17.7 Å². The van der Waals surface area contributed by atoms with Gasteiger partial charge >= 0.3 is 12.3 Å². The molecule has 0 aliphatic carbocycles. The molecule has 0 saturated carbocycles. The second-order valence-electron chi connectivity index (χ2n) is 8.44. The van der Waals surface area contributed by atoms with Gasteiger partial charge in [0, 0.05) is 17.3 Å². The maximum atomic E-state index is 13.3. The molecule has 0 aliphatic heterocycles. The van der Waals surface area contributed by atoms with E-state index in [0.29, 0.717) is 26.9 Å². The van der Waals surface area contributed by atoms with Crippen LogP contribution in [-0.2, 0) is 0 Å². The third kappa shape index (κ3) is 4.51. The van der Waals surface area contributed by atoms with Gasteiger partial charge in [-0.1, -0.05) is 22.8 Å². The summed E-state index contributed by atoms with van der Waals surface area (Å²) in [7, 11) is 0. The SMILES string of the molecule is Cc1cc([C@@H](C)Nc2ccc(Cl)nc2-c2noc(=O)[nH]2)c2oc(-c3cnn(C(F)F)c3)c(C)c(=O)c2c1. The Hall–Kier alpha value is -4.32. The number of nitrogens with one attached hydrogen (secondary N) is 2. The highest BCUT2D eigenvalue weighted by molar-refractivity contribution is 6.29. The van der Waals surface area contributed by atoms with Gasteiger partial charge in [-0.3, -0.25) is 14.3 Å². The van der Waals surface area contributed by atoms with Crippen LogP contribution in [0.15, 0.2) is 55.2 Å². The third-order valence-electron chi connectivity index (χ3n) is 5.82. The Morgan fingerprint density at radius 3 is 2.65 bits per heavy atom. The van der Waals surface area contributed by atoms with Crippen LogP contribution in [-0.4, -0.2) is 24.9 Å². The normalized spacial score (nSPS) is 12.4. The number of anilines is 1. The largest absolute Gasteiger partial charge is 0.455 e. The van der Waals surface area contributed by atoms with Crippen LogP contribution in [0.1, 0.15) is 36.2 Å². The molecule has 4 aromatic heterocycles. The minimum Gasteiger partial charge on any atom is -0.455 e. The minimum atomic E-state index is -2.83. The predicted molar refractivity (Wildman–Crippen MR) is 132 cm³/mol. The van der Waals surface area contributed by atoms with Gasteiger partial charge in [-0.2, -0.15) is 13.9 Å². The number of aryl methyl sites for hydroxylation is 1. The number of H-pyrrole nitrogens is 1. The Morgan fingerprint density at radius 2 is 1.97 bits per heavy atom. The summed E-state index contributed by atoms with van der Waals surface area (Å²) in [4.78, 5) is 31.5. The van der Waals surface area contributed by atoms with Gasteiger partial charge in [0.25, 0.3) is 0 Å². The van der Waals surface area contributed by atoms with Crippen molar-refractivity contribution in [2.24, 2.45) is 0 Å². The second kappa shape index (κ2) is 9.28. The van der Waals surface area contributed by atoms with Crippen LogP contribution >= 0.6 is 11.6 Å².